The van der Waals surface area contributed by atoms with E-state index in [4.69, 9.17) is 5.73 Å². The first kappa shape index (κ1) is 16.0. The third kappa shape index (κ3) is 4.82. The Labute approximate surface area is 115 Å². The smallest absolute Gasteiger partial charge is 0.242 e. The van der Waals surface area contributed by atoms with E-state index in [0.29, 0.717) is 32.0 Å². The van der Waals surface area contributed by atoms with Crippen molar-refractivity contribution in [3.05, 3.63) is 0 Å². The predicted molar refractivity (Wildman–Crippen MR) is 75.5 cm³/mol. The molecule has 0 saturated carbocycles. The zero-order valence-corrected chi connectivity index (χ0v) is 12.2. The summed E-state index contributed by atoms with van der Waals surface area (Å²) in [5, 5.41) is 2.77. The zero-order valence-electron chi connectivity index (χ0n) is 12.2. The fourth-order valence-electron chi connectivity index (χ4n) is 2.67. The Balaban J connectivity index is 2.42. The molecule has 19 heavy (non-hydrogen) atoms. The number of piperazine rings is 1. The van der Waals surface area contributed by atoms with Gasteiger partial charge in [-0.3, -0.25) is 9.59 Å². The summed E-state index contributed by atoms with van der Waals surface area (Å²) < 4.78 is 0. The van der Waals surface area contributed by atoms with Crippen molar-refractivity contribution in [3.63, 3.8) is 0 Å². The molecule has 0 aromatic carbocycles. The first-order chi connectivity index (χ1) is 9.10. The van der Waals surface area contributed by atoms with E-state index in [-0.39, 0.29) is 17.9 Å². The molecule has 0 aliphatic carbocycles. The standard InChI is InChI=1S/C14H27N3O2/c1-3-4-12(7-8-15)5-6-13(18)17-10-9-16-14(19)11(17)2/h11-12H,3-10,15H2,1-2H3,(H,16,19). The number of hydrogen-bond donors (Lipinski definition) is 2. The lowest BCUT2D eigenvalue weighted by molar-refractivity contribution is -0.142. The van der Waals surface area contributed by atoms with Crippen LogP contribution in [0.25, 0.3) is 0 Å². The molecule has 1 saturated heterocycles. The van der Waals surface area contributed by atoms with E-state index >= 15 is 0 Å². The Hall–Kier alpha value is -1.10. The molecular weight excluding hydrogens is 242 g/mol. The van der Waals surface area contributed by atoms with Gasteiger partial charge in [-0.15, -0.1) is 0 Å². The highest BCUT2D eigenvalue weighted by atomic mass is 16.2. The second-order valence-electron chi connectivity index (χ2n) is 5.32. The molecule has 0 radical (unpaired) electrons. The van der Waals surface area contributed by atoms with Gasteiger partial charge in [-0.05, 0) is 32.2 Å². The quantitative estimate of drug-likeness (QED) is 0.720. The molecule has 3 N–H and O–H groups in total. The fourth-order valence-corrected chi connectivity index (χ4v) is 2.67. The van der Waals surface area contributed by atoms with Crippen molar-refractivity contribution in [1.29, 1.82) is 0 Å². The van der Waals surface area contributed by atoms with Gasteiger partial charge < -0.3 is 16.0 Å². The molecule has 0 bridgehead atoms. The second kappa shape index (κ2) is 8.15. The number of nitrogens with two attached hydrogens (primary N) is 1. The lowest BCUT2D eigenvalue weighted by Crippen LogP contribution is -2.55. The van der Waals surface area contributed by atoms with Crippen molar-refractivity contribution in [1.82, 2.24) is 10.2 Å². The van der Waals surface area contributed by atoms with Crippen molar-refractivity contribution in [3.8, 4) is 0 Å². The molecule has 1 heterocycles. The van der Waals surface area contributed by atoms with Crippen molar-refractivity contribution >= 4 is 11.8 Å². The summed E-state index contributed by atoms with van der Waals surface area (Å²) in [7, 11) is 0. The number of nitrogens with one attached hydrogen (secondary N) is 1. The van der Waals surface area contributed by atoms with E-state index in [0.717, 1.165) is 25.7 Å². The highest BCUT2D eigenvalue weighted by molar-refractivity contribution is 5.88. The van der Waals surface area contributed by atoms with Crippen LogP contribution in [0.3, 0.4) is 0 Å². The van der Waals surface area contributed by atoms with E-state index < -0.39 is 0 Å². The number of amides is 2. The normalized spacial score (nSPS) is 21.1. The number of rotatable bonds is 7. The Morgan fingerprint density at radius 1 is 1.47 bits per heavy atom. The maximum absolute atomic E-state index is 12.2. The van der Waals surface area contributed by atoms with Gasteiger partial charge in [0.1, 0.15) is 6.04 Å². The average molecular weight is 269 g/mol. The highest BCUT2D eigenvalue weighted by Gasteiger charge is 2.29. The Kier molecular flexibility index (Phi) is 6.84. The molecule has 1 aliphatic heterocycles. The van der Waals surface area contributed by atoms with Crippen LogP contribution >= 0.6 is 0 Å². The molecular formula is C14H27N3O2. The summed E-state index contributed by atoms with van der Waals surface area (Å²) in [5.41, 5.74) is 5.60. The van der Waals surface area contributed by atoms with Gasteiger partial charge in [0, 0.05) is 19.5 Å². The largest absolute Gasteiger partial charge is 0.353 e. The van der Waals surface area contributed by atoms with Gasteiger partial charge in [0.15, 0.2) is 0 Å². The number of carbonyl (C=O) groups excluding carboxylic acids is 2. The minimum atomic E-state index is -0.333. The van der Waals surface area contributed by atoms with Crippen LogP contribution in [0.1, 0.15) is 46.0 Å². The number of carbonyl (C=O) groups is 2. The van der Waals surface area contributed by atoms with Gasteiger partial charge in [0.2, 0.25) is 11.8 Å². The van der Waals surface area contributed by atoms with Crippen LogP contribution in [-0.2, 0) is 9.59 Å². The topological polar surface area (TPSA) is 75.4 Å². The van der Waals surface area contributed by atoms with Gasteiger partial charge in [0.25, 0.3) is 0 Å². The van der Waals surface area contributed by atoms with Crippen molar-refractivity contribution < 1.29 is 9.59 Å². The zero-order chi connectivity index (χ0) is 14.3. The van der Waals surface area contributed by atoms with Crippen LogP contribution in [0.2, 0.25) is 0 Å². The SMILES string of the molecule is CCCC(CCN)CCC(=O)N1CCNC(=O)C1C. The molecule has 2 unspecified atom stereocenters. The van der Waals surface area contributed by atoms with Crippen LogP contribution < -0.4 is 11.1 Å². The molecule has 1 fully saturated rings. The molecule has 5 nitrogen and oxygen atoms in total. The minimum absolute atomic E-state index is 0.0494. The van der Waals surface area contributed by atoms with Crippen molar-refractivity contribution in [2.45, 2.75) is 52.0 Å². The summed E-state index contributed by atoms with van der Waals surface area (Å²) in [6, 6.07) is -0.333. The third-order valence-corrected chi connectivity index (χ3v) is 3.86. The summed E-state index contributed by atoms with van der Waals surface area (Å²) in [5.74, 6) is 0.583. The lowest BCUT2D eigenvalue weighted by atomic mass is 9.94. The Morgan fingerprint density at radius 2 is 2.21 bits per heavy atom. The van der Waals surface area contributed by atoms with Crippen molar-refractivity contribution in [2.75, 3.05) is 19.6 Å². The molecule has 5 heteroatoms. The Morgan fingerprint density at radius 3 is 2.84 bits per heavy atom. The summed E-state index contributed by atoms with van der Waals surface area (Å²) in [6.45, 7) is 5.82. The van der Waals surface area contributed by atoms with Crippen LogP contribution in [0.15, 0.2) is 0 Å². The molecule has 1 aliphatic rings. The maximum Gasteiger partial charge on any atom is 0.242 e. The molecule has 1 rings (SSSR count). The van der Waals surface area contributed by atoms with E-state index in [9.17, 15) is 9.59 Å². The van der Waals surface area contributed by atoms with Crippen molar-refractivity contribution in [2.24, 2.45) is 11.7 Å². The summed E-state index contributed by atoms with van der Waals surface area (Å²) >= 11 is 0. The second-order valence-corrected chi connectivity index (χ2v) is 5.32. The van der Waals surface area contributed by atoms with E-state index in [1.54, 1.807) is 11.8 Å². The van der Waals surface area contributed by atoms with Crippen LogP contribution in [0, 0.1) is 5.92 Å². The van der Waals surface area contributed by atoms with Gasteiger partial charge >= 0.3 is 0 Å². The predicted octanol–water partition coefficient (Wildman–Crippen LogP) is 0.879. The van der Waals surface area contributed by atoms with E-state index in [1.807, 2.05) is 0 Å². The third-order valence-electron chi connectivity index (χ3n) is 3.86. The molecule has 2 atom stereocenters. The molecule has 110 valence electrons. The lowest BCUT2D eigenvalue weighted by Gasteiger charge is -2.33. The highest BCUT2D eigenvalue weighted by Crippen LogP contribution is 2.18. The van der Waals surface area contributed by atoms with Gasteiger partial charge in [-0.2, -0.15) is 0 Å². The van der Waals surface area contributed by atoms with Gasteiger partial charge in [-0.1, -0.05) is 19.8 Å². The van der Waals surface area contributed by atoms with Crippen LogP contribution in [0.5, 0.6) is 0 Å². The van der Waals surface area contributed by atoms with E-state index in [2.05, 4.69) is 12.2 Å². The molecule has 0 spiro atoms. The molecule has 0 aromatic rings. The maximum atomic E-state index is 12.2. The van der Waals surface area contributed by atoms with Crippen LogP contribution in [0.4, 0.5) is 0 Å². The average Bonchev–Trinajstić information content (AvgIpc) is 2.39. The van der Waals surface area contributed by atoms with Gasteiger partial charge in [-0.25, -0.2) is 0 Å². The molecule has 0 aromatic heterocycles. The van der Waals surface area contributed by atoms with E-state index in [1.165, 1.54) is 0 Å². The monoisotopic (exact) mass is 269 g/mol. The summed E-state index contributed by atoms with van der Waals surface area (Å²) in [4.78, 5) is 25.4. The number of hydrogen-bond acceptors (Lipinski definition) is 3. The fraction of sp³-hybridized carbons (Fsp3) is 0.857. The van der Waals surface area contributed by atoms with Crippen LogP contribution in [-0.4, -0.2) is 42.4 Å². The van der Waals surface area contributed by atoms with Gasteiger partial charge in [0.05, 0.1) is 0 Å². The number of nitrogens with zero attached hydrogens (tertiary/aromatic N) is 1. The Bertz CT molecular complexity index is 301. The first-order valence-corrected chi connectivity index (χ1v) is 7.37. The molecule has 2 amide bonds. The first-order valence-electron chi connectivity index (χ1n) is 7.37. The summed E-state index contributed by atoms with van der Waals surface area (Å²) in [6.07, 6.45) is 4.65. The minimum Gasteiger partial charge on any atom is -0.353 e.